The molecule has 2 unspecified atom stereocenters. The molecule has 0 heterocycles. The van der Waals surface area contributed by atoms with Gasteiger partial charge in [-0.2, -0.15) is 0 Å². The van der Waals surface area contributed by atoms with Crippen LogP contribution in [0.4, 0.5) is 0 Å². The predicted molar refractivity (Wildman–Crippen MR) is 78.2 cm³/mol. The van der Waals surface area contributed by atoms with Gasteiger partial charge in [-0.15, -0.1) is 11.6 Å². The van der Waals surface area contributed by atoms with Gasteiger partial charge < -0.3 is 11.5 Å². The maximum atomic E-state index is 6.31. The molecular formula is C12H10Cl4N2. The minimum Gasteiger partial charge on any atom is -0.398 e. The number of hydrogen-bond acceptors (Lipinski definition) is 2. The van der Waals surface area contributed by atoms with E-state index in [-0.39, 0.29) is 0 Å². The molecular weight excluding hydrogens is 314 g/mol. The van der Waals surface area contributed by atoms with E-state index in [2.05, 4.69) is 0 Å². The molecule has 2 atom stereocenters. The highest BCUT2D eigenvalue weighted by Gasteiger charge is 2.37. The Kier molecular flexibility index (Phi) is 3.86. The standard InChI is InChI=1S/C12H10Cl4N2/c13-6-1-2-8(14)7(3-6)12(18)5-9(15)10(17)4-11(12)16/h1-5,11H,17-18H2. The van der Waals surface area contributed by atoms with E-state index in [1.807, 2.05) is 0 Å². The molecule has 18 heavy (non-hydrogen) atoms. The van der Waals surface area contributed by atoms with Crippen molar-refractivity contribution >= 4 is 46.4 Å². The second-order valence-electron chi connectivity index (χ2n) is 4.07. The Morgan fingerprint density at radius 3 is 2.50 bits per heavy atom. The summed E-state index contributed by atoms with van der Waals surface area (Å²) in [4.78, 5) is 0. The monoisotopic (exact) mass is 322 g/mol. The van der Waals surface area contributed by atoms with Gasteiger partial charge in [-0.05, 0) is 35.9 Å². The first-order valence-electron chi connectivity index (χ1n) is 5.09. The molecule has 0 aliphatic heterocycles. The van der Waals surface area contributed by atoms with E-state index in [0.29, 0.717) is 26.3 Å². The summed E-state index contributed by atoms with van der Waals surface area (Å²) in [7, 11) is 0. The number of nitrogens with two attached hydrogens (primary N) is 2. The maximum Gasteiger partial charge on any atom is 0.0831 e. The van der Waals surface area contributed by atoms with Gasteiger partial charge in [0.15, 0.2) is 0 Å². The van der Waals surface area contributed by atoms with E-state index < -0.39 is 10.9 Å². The van der Waals surface area contributed by atoms with Crippen LogP contribution in [0, 0.1) is 0 Å². The fraction of sp³-hybridized carbons (Fsp3) is 0.167. The summed E-state index contributed by atoms with van der Waals surface area (Å²) in [6.45, 7) is 0. The number of hydrogen-bond donors (Lipinski definition) is 2. The Morgan fingerprint density at radius 2 is 1.83 bits per heavy atom. The molecule has 0 saturated heterocycles. The summed E-state index contributed by atoms with van der Waals surface area (Å²) < 4.78 is 0. The molecule has 6 heteroatoms. The highest BCUT2D eigenvalue weighted by molar-refractivity contribution is 6.34. The van der Waals surface area contributed by atoms with Gasteiger partial charge in [0.25, 0.3) is 0 Å². The van der Waals surface area contributed by atoms with Crippen molar-refractivity contribution in [3.63, 3.8) is 0 Å². The molecule has 0 radical (unpaired) electrons. The van der Waals surface area contributed by atoms with Crippen LogP contribution >= 0.6 is 46.4 Å². The smallest absolute Gasteiger partial charge is 0.0831 e. The molecule has 0 bridgehead atoms. The van der Waals surface area contributed by atoms with Crippen LogP contribution in [0.15, 0.2) is 41.1 Å². The van der Waals surface area contributed by atoms with Gasteiger partial charge >= 0.3 is 0 Å². The quantitative estimate of drug-likeness (QED) is 0.774. The maximum absolute atomic E-state index is 6.31. The highest BCUT2D eigenvalue weighted by atomic mass is 35.5. The zero-order chi connectivity index (χ0) is 13.5. The van der Waals surface area contributed by atoms with Crippen LogP contribution in [0.2, 0.25) is 10.0 Å². The summed E-state index contributed by atoms with van der Waals surface area (Å²) in [5.41, 5.74) is 12.0. The van der Waals surface area contributed by atoms with Crippen molar-refractivity contribution in [3.8, 4) is 0 Å². The Morgan fingerprint density at radius 1 is 1.17 bits per heavy atom. The summed E-state index contributed by atoms with van der Waals surface area (Å²) >= 11 is 24.4. The lowest BCUT2D eigenvalue weighted by Gasteiger charge is -2.34. The van der Waals surface area contributed by atoms with Gasteiger partial charge in [0.1, 0.15) is 0 Å². The van der Waals surface area contributed by atoms with Crippen molar-refractivity contribution in [1.29, 1.82) is 0 Å². The normalized spacial score (nSPS) is 27.7. The number of rotatable bonds is 1. The third kappa shape index (κ3) is 2.36. The van der Waals surface area contributed by atoms with Gasteiger partial charge in [-0.3, -0.25) is 0 Å². The fourth-order valence-corrected chi connectivity index (χ4v) is 2.82. The first kappa shape index (κ1) is 14.0. The van der Waals surface area contributed by atoms with Gasteiger partial charge in [-0.25, -0.2) is 0 Å². The molecule has 2 rings (SSSR count). The molecule has 0 amide bonds. The van der Waals surface area contributed by atoms with Gasteiger partial charge in [-0.1, -0.05) is 34.8 Å². The minimum atomic E-state index is -1.04. The van der Waals surface area contributed by atoms with Crippen molar-refractivity contribution in [2.75, 3.05) is 0 Å². The van der Waals surface area contributed by atoms with Crippen molar-refractivity contribution in [3.05, 3.63) is 56.7 Å². The third-order valence-electron chi connectivity index (χ3n) is 2.82. The second-order valence-corrected chi connectivity index (χ2v) is 5.79. The Balaban J connectivity index is 2.59. The van der Waals surface area contributed by atoms with Crippen LogP contribution in [-0.4, -0.2) is 5.38 Å². The summed E-state index contributed by atoms with van der Waals surface area (Å²) in [6, 6.07) is 5.02. The van der Waals surface area contributed by atoms with E-state index in [0.717, 1.165) is 0 Å². The van der Waals surface area contributed by atoms with Gasteiger partial charge in [0, 0.05) is 15.7 Å². The highest BCUT2D eigenvalue weighted by Crippen LogP contribution is 2.39. The van der Waals surface area contributed by atoms with Crippen molar-refractivity contribution < 1.29 is 0 Å². The van der Waals surface area contributed by atoms with E-state index in [4.69, 9.17) is 57.9 Å². The summed E-state index contributed by atoms with van der Waals surface area (Å²) in [6.07, 6.45) is 3.19. The fourth-order valence-electron chi connectivity index (χ4n) is 1.80. The number of allylic oxidation sites excluding steroid dienone is 1. The molecule has 0 fully saturated rings. The van der Waals surface area contributed by atoms with Crippen LogP contribution in [-0.2, 0) is 5.54 Å². The molecule has 1 aromatic rings. The average molecular weight is 324 g/mol. The molecule has 0 saturated carbocycles. The number of alkyl halides is 1. The van der Waals surface area contributed by atoms with Crippen LogP contribution in [0.3, 0.4) is 0 Å². The van der Waals surface area contributed by atoms with Gasteiger partial charge in [0.05, 0.1) is 15.9 Å². The van der Waals surface area contributed by atoms with Crippen LogP contribution in [0.25, 0.3) is 0 Å². The van der Waals surface area contributed by atoms with Crippen molar-refractivity contribution in [1.82, 2.24) is 0 Å². The zero-order valence-electron chi connectivity index (χ0n) is 9.13. The van der Waals surface area contributed by atoms with Crippen LogP contribution < -0.4 is 11.5 Å². The molecule has 1 aromatic carbocycles. The lowest BCUT2D eigenvalue weighted by atomic mass is 9.83. The van der Waals surface area contributed by atoms with Crippen molar-refractivity contribution in [2.24, 2.45) is 11.5 Å². The van der Waals surface area contributed by atoms with E-state index in [9.17, 15) is 0 Å². The first-order valence-corrected chi connectivity index (χ1v) is 6.66. The summed E-state index contributed by atoms with van der Waals surface area (Å²) in [5, 5.41) is 0.790. The van der Waals surface area contributed by atoms with E-state index >= 15 is 0 Å². The predicted octanol–water partition coefficient (Wildman–Crippen LogP) is 3.73. The minimum absolute atomic E-state index is 0.352. The Labute approximate surface area is 125 Å². The second kappa shape index (κ2) is 4.95. The van der Waals surface area contributed by atoms with Crippen molar-refractivity contribution in [2.45, 2.75) is 10.9 Å². The molecule has 0 aromatic heterocycles. The third-order valence-corrected chi connectivity index (χ3v) is 4.20. The number of halogens is 4. The lowest BCUT2D eigenvalue weighted by molar-refractivity contribution is 0.568. The van der Waals surface area contributed by atoms with E-state index in [1.54, 1.807) is 30.4 Å². The lowest BCUT2D eigenvalue weighted by Crippen LogP contribution is -2.45. The molecule has 2 nitrogen and oxygen atoms in total. The van der Waals surface area contributed by atoms with Gasteiger partial charge in [0.2, 0.25) is 0 Å². The number of benzene rings is 1. The molecule has 0 spiro atoms. The molecule has 1 aliphatic rings. The molecule has 4 N–H and O–H groups in total. The first-order chi connectivity index (χ1) is 8.34. The SMILES string of the molecule is NC1=CC(Cl)C(N)(c2cc(Cl)ccc2Cl)C=C1Cl. The zero-order valence-corrected chi connectivity index (χ0v) is 12.2. The molecule has 96 valence electrons. The van der Waals surface area contributed by atoms with E-state index in [1.165, 1.54) is 0 Å². The topological polar surface area (TPSA) is 52.0 Å². The molecule has 1 aliphatic carbocycles. The van der Waals surface area contributed by atoms with Crippen LogP contribution in [0.1, 0.15) is 5.56 Å². The largest absolute Gasteiger partial charge is 0.398 e. The summed E-state index contributed by atoms with van der Waals surface area (Å²) in [5.74, 6) is 0. The van der Waals surface area contributed by atoms with Crippen LogP contribution in [0.5, 0.6) is 0 Å². The Hall–Kier alpha value is -0.380. The average Bonchev–Trinajstić information content (AvgIpc) is 2.30. The Bertz CT molecular complexity index is 553.